The second kappa shape index (κ2) is 16.8. The smallest absolute Gasteiger partial charge is 0.0191 e. The van der Waals surface area contributed by atoms with Gasteiger partial charge in [0, 0.05) is 5.75 Å². The number of benzene rings is 5. The topological polar surface area (TPSA) is 0 Å². The molecule has 3 heteroatoms. The maximum Gasteiger partial charge on any atom is 0.0191 e. The second-order valence-electron chi connectivity index (χ2n) is 10.6. The number of rotatable bonds is 15. The largest absolute Gasteiger partial charge is 0.157 e. The molecular weight excluding hydrogens is 562 g/mol. The summed E-state index contributed by atoms with van der Waals surface area (Å²) in [5, 5.41) is 8.66. The van der Waals surface area contributed by atoms with Crippen LogP contribution in [-0.4, -0.2) is 5.75 Å². The van der Waals surface area contributed by atoms with Crippen LogP contribution in [0.25, 0.3) is 0 Å². The highest BCUT2D eigenvalue weighted by atomic mass is 32.2. The van der Waals surface area contributed by atoms with Crippen molar-refractivity contribution in [2.45, 2.75) is 51.2 Å². The quantitative estimate of drug-likeness (QED) is 0.0850. The van der Waals surface area contributed by atoms with Crippen molar-refractivity contribution < 1.29 is 0 Å². The van der Waals surface area contributed by atoms with E-state index in [2.05, 4.69) is 158 Å². The van der Waals surface area contributed by atoms with Gasteiger partial charge < -0.3 is 0 Å². The summed E-state index contributed by atoms with van der Waals surface area (Å²) in [4.78, 5) is 0. The fourth-order valence-corrected chi connectivity index (χ4v) is 12.0. The second-order valence-corrected chi connectivity index (χ2v) is 16.1. The van der Waals surface area contributed by atoms with Crippen molar-refractivity contribution in [3.63, 3.8) is 0 Å². The Morgan fingerprint density at radius 3 is 1.43 bits per heavy atom. The van der Waals surface area contributed by atoms with Crippen LogP contribution in [0.4, 0.5) is 0 Å². The Bertz CT molecular complexity index is 1430. The minimum atomic E-state index is -0.732. The van der Waals surface area contributed by atoms with E-state index in [1.165, 1.54) is 81.7 Å². The van der Waals surface area contributed by atoms with Crippen LogP contribution in [0.2, 0.25) is 0 Å². The van der Waals surface area contributed by atoms with Gasteiger partial charge in [-0.1, -0.05) is 179 Å². The van der Waals surface area contributed by atoms with Crippen molar-refractivity contribution in [2.24, 2.45) is 0 Å². The molecule has 214 valence electrons. The molecule has 0 radical (unpaired) electrons. The van der Waals surface area contributed by atoms with E-state index in [0.29, 0.717) is 0 Å². The first kappa shape index (κ1) is 30.8. The Morgan fingerprint density at radius 2 is 0.857 bits per heavy atom. The molecular formula is C39H42P2S. The van der Waals surface area contributed by atoms with Crippen LogP contribution >= 0.6 is 27.6 Å². The minimum Gasteiger partial charge on any atom is -0.157 e. The predicted octanol–water partition coefficient (Wildman–Crippen LogP) is 8.80. The highest BCUT2D eigenvalue weighted by molar-refractivity contribution is 7.98. The fourth-order valence-electron chi connectivity index (χ4n) is 5.43. The molecule has 5 aromatic rings. The van der Waals surface area contributed by atoms with Gasteiger partial charge in [-0.2, -0.15) is 11.8 Å². The summed E-state index contributed by atoms with van der Waals surface area (Å²) in [7, 11) is -1.43. The summed E-state index contributed by atoms with van der Waals surface area (Å²) in [6.07, 6.45) is 8.15. The standard InChI is InChI=1S/C39H42P2S/c1-2-3-4-5-6-20-31-42-32-33-21-16-17-28-37(33)41(36-26-14-9-15-27-36)39-30-19-18-29-38(39)40(34-22-10-7-11-23-34)35-24-12-8-13-25-35/h7-19,21-30H,2-6,20,31-32H2,1H3. The molecule has 0 saturated carbocycles. The van der Waals surface area contributed by atoms with Gasteiger partial charge in [0.15, 0.2) is 0 Å². The zero-order valence-electron chi connectivity index (χ0n) is 24.7. The molecule has 0 aliphatic carbocycles. The average Bonchev–Trinajstić information content (AvgIpc) is 3.05. The Kier molecular flexibility index (Phi) is 12.3. The maximum atomic E-state index is 2.41. The summed E-state index contributed by atoms with van der Waals surface area (Å²) in [5.74, 6) is 2.32. The third-order valence-corrected chi connectivity index (χ3v) is 13.9. The van der Waals surface area contributed by atoms with Gasteiger partial charge in [-0.25, -0.2) is 0 Å². The lowest BCUT2D eigenvalue weighted by Crippen LogP contribution is -2.35. The number of hydrogen-bond acceptors (Lipinski definition) is 1. The van der Waals surface area contributed by atoms with Crippen molar-refractivity contribution in [2.75, 3.05) is 5.75 Å². The molecule has 0 nitrogen and oxygen atoms in total. The van der Waals surface area contributed by atoms with Crippen molar-refractivity contribution in [1.82, 2.24) is 0 Å². The van der Waals surface area contributed by atoms with E-state index in [9.17, 15) is 0 Å². The Labute approximate surface area is 260 Å². The van der Waals surface area contributed by atoms with Crippen molar-refractivity contribution in [3.05, 3.63) is 145 Å². The van der Waals surface area contributed by atoms with E-state index in [-0.39, 0.29) is 0 Å². The van der Waals surface area contributed by atoms with Gasteiger partial charge in [0.1, 0.15) is 0 Å². The van der Waals surface area contributed by atoms with Crippen LogP contribution in [0.5, 0.6) is 0 Å². The molecule has 0 amide bonds. The van der Waals surface area contributed by atoms with E-state index in [4.69, 9.17) is 0 Å². The molecule has 0 N–H and O–H groups in total. The highest BCUT2D eigenvalue weighted by Gasteiger charge is 2.26. The first-order valence-corrected chi connectivity index (χ1v) is 19.2. The minimum absolute atomic E-state index is 0.701. The Balaban J connectivity index is 1.52. The van der Waals surface area contributed by atoms with Crippen molar-refractivity contribution in [1.29, 1.82) is 0 Å². The van der Waals surface area contributed by atoms with Gasteiger partial charge in [0.2, 0.25) is 0 Å². The first-order chi connectivity index (χ1) is 20.9. The predicted molar refractivity (Wildman–Crippen MR) is 193 cm³/mol. The van der Waals surface area contributed by atoms with Gasteiger partial charge in [0.05, 0.1) is 0 Å². The van der Waals surface area contributed by atoms with E-state index < -0.39 is 15.8 Å². The van der Waals surface area contributed by atoms with Gasteiger partial charge in [-0.15, -0.1) is 0 Å². The lowest BCUT2D eigenvalue weighted by molar-refractivity contribution is 0.627. The molecule has 1 unspecified atom stereocenters. The van der Waals surface area contributed by atoms with Crippen LogP contribution in [0.15, 0.2) is 140 Å². The van der Waals surface area contributed by atoms with Crippen LogP contribution in [0, 0.1) is 0 Å². The zero-order chi connectivity index (χ0) is 28.8. The first-order valence-electron chi connectivity index (χ1n) is 15.4. The maximum absolute atomic E-state index is 2.41. The molecule has 0 spiro atoms. The Morgan fingerprint density at radius 1 is 0.429 bits per heavy atom. The van der Waals surface area contributed by atoms with E-state index >= 15 is 0 Å². The third-order valence-electron chi connectivity index (χ3n) is 7.54. The summed E-state index contributed by atoms with van der Waals surface area (Å²) in [5.41, 5.74) is 1.49. The molecule has 5 rings (SSSR count). The number of hydrogen-bond donors (Lipinski definition) is 0. The summed E-state index contributed by atoms with van der Waals surface area (Å²) in [6, 6.07) is 52.1. The molecule has 0 aliphatic heterocycles. The molecule has 5 aromatic carbocycles. The molecule has 0 saturated heterocycles. The molecule has 1 atom stereocenters. The molecule has 42 heavy (non-hydrogen) atoms. The molecule has 0 aromatic heterocycles. The Hall–Kier alpha value is -2.69. The molecule has 0 bridgehead atoms. The summed E-state index contributed by atoms with van der Waals surface area (Å²) >= 11 is 2.11. The molecule has 0 aliphatic rings. The zero-order valence-corrected chi connectivity index (χ0v) is 27.3. The van der Waals surface area contributed by atoms with Crippen molar-refractivity contribution in [3.8, 4) is 0 Å². The molecule has 0 heterocycles. The summed E-state index contributed by atoms with van der Waals surface area (Å²) in [6.45, 7) is 2.29. The van der Waals surface area contributed by atoms with Crippen LogP contribution in [-0.2, 0) is 5.75 Å². The SMILES string of the molecule is CCCCCCCCSCc1ccccc1P(c1ccccc1)c1ccccc1P(c1ccccc1)c1ccccc1. The van der Waals surface area contributed by atoms with Crippen molar-refractivity contribution >= 4 is 59.4 Å². The van der Waals surface area contributed by atoms with E-state index in [0.717, 1.165) is 5.75 Å². The third kappa shape index (κ3) is 8.23. The van der Waals surface area contributed by atoms with Gasteiger partial charge in [-0.3, -0.25) is 0 Å². The highest BCUT2D eigenvalue weighted by Crippen LogP contribution is 2.40. The number of thioether (sulfide) groups is 1. The van der Waals surface area contributed by atoms with E-state index in [1.54, 1.807) is 0 Å². The summed E-state index contributed by atoms with van der Waals surface area (Å²) < 4.78 is 0. The van der Waals surface area contributed by atoms with Gasteiger partial charge >= 0.3 is 0 Å². The average molecular weight is 605 g/mol. The van der Waals surface area contributed by atoms with Crippen LogP contribution < -0.4 is 31.8 Å². The van der Waals surface area contributed by atoms with Gasteiger partial charge in [-0.05, 0) is 65.4 Å². The fraction of sp³-hybridized carbons (Fsp3) is 0.231. The number of unbranched alkanes of at least 4 members (excludes halogenated alkanes) is 5. The molecule has 0 fully saturated rings. The monoisotopic (exact) mass is 604 g/mol. The van der Waals surface area contributed by atoms with Crippen LogP contribution in [0.3, 0.4) is 0 Å². The normalized spacial score (nSPS) is 12.0. The van der Waals surface area contributed by atoms with E-state index in [1.807, 2.05) is 0 Å². The lowest BCUT2D eigenvalue weighted by atomic mass is 10.1. The van der Waals surface area contributed by atoms with Crippen LogP contribution in [0.1, 0.15) is 51.0 Å². The lowest BCUT2D eigenvalue weighted by Gasteiger charge is -2.28. The van der Waals surface area contributed by atoms with Gasteiger partial charge in [0.25, 0.3) is 0 Å².